The third kappa shape index (κ3) is 2.42. The predicted octanol–water partition coefficient (Wildman–Crippen LogP) is 2.84. The van der Waals surface area contributed by atoms with Gasteiger partial charge >= 0.3 is 0 Å². The number of hydrogen-bond donors (Lipinski definition) is 1. The molecule has 5 nitrogen and oxygen atoms in total. The first-order valence-corrected chi connectivity index (χ1v) is 5.20. The lowest BCUT2D eigenvalue weighted by atomic mass is 10.1. The molecule has 1 aromatic carbocycles. The molecule has 2 rings (SSSR count). The Morgan fingerprint density at radius 1 is 1.28 bits per heavy atom. The van der Waals surface area contributed by atoms with E-state index in [9.17, 15) is 14.5 Å². The van der Waals surface area contributed by atoms with Crippen molar-refractivity contribution in [3.63, 3.8) is 0 Å². The second-order valence-corrected chi connectivity index (χ2v) is 3.61. The van der Waals surface area contributed by atoms with E-state index in [0.717, 1.165) is 0 Å². The van der Waals surface area contributed by atoms with Crippen molar-refractivity contribution in [1.29, 1.82) is 0 Å². The van der Waals surface area contributed by atoms with Crippen LogP contribution in [0, 0.1) is 15.9 Å². The topological polar surface area (TPSA) is 68.1 Å². The van der Waals surface area contributed by atoms with Crippen LogP contribution < -0.4 is 5.32 Å². The molecule has 0 radical (unpaired) electrons. The fourth-order valence-electron chi connectivity index (χ4n) is 1.52. The van der Waals surface area contributed by atoms with Gasteiger partial charge in [0.1, 0.15) is 11.6 Å². The van der Waals surface area contributed by atoms with Crippen LogP contribution in [0.15, 0.2) is 36.4 Å². The van der Waals surface area contributed by atoms with E-state index in [1.165, 1.54) is 36.4 Å². The minimum atomic E-state index is -0.491. The summed E-state index contributed by atoms with van der Waals surface area (Å²) in [5.74, 6) is 0.0292. The molecule has 0 spiro atoms. The maximum Gasteiger partial charge on any atom is 0.275 e. The molecule has 1 aromatic heterocycles. The van der Waals surface area contributed by atoms with Gasteiger partial charge in [-0.25, -0.2) is 9.37 Å². The zero-order chi connectivity index (χ0) is 13.1. The maximum absolute atomic E-state index is 12.8. The number of nitrogens with one attached hydrogen (secondary N) is 1. The summed E-state index contributed by atoms with van der Waals surface area (Å²) >= 11 is 0. The number of nitrogens with zero attached hydrogens (tertiary/aromatic N) is 2. The van der Waals surface area contributed by atoms with E-state index in [1.54, 1.807) is 7.05 Å². The van der Waals surface area contributed by atoms with E-state index in [0.29, 0.717) is 17.1 Å². The van der Waals surface area contributed by atoms with Crippen LogP contribution in [-0.4, -0.2) is 17.0 Å². The van der Waals surface area contributed by atoms with Crippen molar-refractivity contribution in [2.75, 3.05) is 12.4 Å². The van der Waals surface area contributed by atoms with Gasteiger partial charge in [0, 0.05) is 18.7 Å². The second-order valence-electron chi connectivity index (χ2n) is 3.61. The van der Waals surface area contributed by atoms with Crippen molar-refractivity contribution < 1.29 is 9.31 Å². The average molecular weight is 247 g/mol. The van der Waals surface area contributed by atoms with Gasteiger partial charge in [-0.05, 0) is 24.3 Å². The molecule has 2 aromatic rings. The fourth-order valence-corrected chi connectivity index (χ4v) is 1.52. The number of aromatic nitrogens is 1. The Morgan fingerprint density at radius 3 is 2.50 bits per heavy atom. The summed E-state index contributed by atoms with van der Waals surface area (Å²) in [5.41, 5.74) is 0.985. The highest BCUT2D eigenvalue weighted by atomic mass is 19.1. The van der Waals surface area contributed by atoms with Gasteiger partial charge < -0.3 is 5.32 Å². The Labute approximate surface area is 102 Å². The molecule has 1 N–H and O–H groups in total. The van der Waals surface area contributed by atoms with Crippen LogP contribution in [0.25, 0.3) is 11.3 Å². The molecule has 0 saturated heterocycles. The number of pyridine rings is 1. The van der Waals surface area contributed by atoms with Gasteiger partial charge in [-0.15, -0.1) is 0 Å². The van der Waals surface area contributed by atoms with E-state index in [-0.39, 0.29) is 11.5 Å². The zero-order valence-electron chi connectivity index (χ0n) is 9.55. The zero-order valence-corrected chi connectivity index (χ0v) is 9.55. The number of benzene rings is 1. The highest BCUT2D eigenvalue weighted by Crippen LogP contribution is 2.25. The van der Waals surface area contributed by atoms with Gasteiger partial charge in [-0.1, -0.05) is 0 Å². The Kier molecular flexibility index (Phi) is 3.18. The summed E-state index contributed by atoms with van der Waals surface area (Å²) in [6.45, 7) is 0. The highest BCUT2D eigenvalue weighted by molar-refractivity contribution is 5.65. The Hall–Kier alpha value is -2.50. The third-order valence-electron chi connectivity index (χ3n) is 2.42. The molecule has 0 aliphatic rings. The van der Waals surface area contributed by atoms with E-state index >= 15 is 0 Å². The first kappa shape index (κ1) is 12.0. The molecule has 0 aliphatic heterocycles. The molecule has 18 heavy (non-hydrogen) atoms. The molecule has 92 valence electrons. The lowest BCUT2D eigenvalue weighted by Crippen LogP contribution is -1.97. The minimum Gasteiger partial charge on any atom is -0.373 e. The Bertz CT molecular complexity index is 584. The fraction of sp³-hybridized carbons (Fsp3) is 0.0833. The quantitative estimate of drug-likeness (QED) is 0.668. The number of anilines is 1. The molecule has 0 amide bonds. The molecular weight excluding hydrogens is 237 g/mol. The predicted molar refractivity (Wildman–Crippen MR) is 65.8 cm³/mol. The molecule has 0 bridgehead atoms. The molecule has 1 heterocycles. The van der Waals surface area contributed by atoms with Crippen LogP contribution in [0.4, 0.5) is 15.9 Å². The molecule has 0 fully saturated rings. The summed E-state index contributed by atoms with van der Waals surface area (Å²) in [5, 5.41) is 13.6. The van der Waals surface area contributed by atoms with E-state index < -0.39 is 4.92 Å². The van der Waals surface area contributed by atoms with Crippen molar-refractivity contribution in [3.05, 3.63) is 52.3 Å². The van der Waals surface area contributed by atoms with Gasteiger partial charge in [0.25, 0.3) is 5.69 Å². The molecule has 0 atom stereocenters. The Balaban J connectivity index is 2.52. The minimum absolute atomic E-state index is 0.0614. The van der Waals surface area contributed by atoms with Crippen LogP contribution in [0.5, 0.6) is 0 Å². The van der Waals surface area contributed by atoms with Crippen molar-refractivity contribution in [2.45, 2.75) is 0 Å². The van der Waals surface area contributed by atoms with Crippen molar-refractivity contribution >= 4 is 11.5 Å². The second kappa shape index (κ2) is 4.79. The molecule has 0 saturated carbocycles. The van der Waals surface area contributed by atoms with Gasteiger partial charge in [-0.2, -0.15) is 0 Å². The summed E-state index contributed by atoms with van der Waals surface area (Å²) < 4.78 is 12.8. The lowest BCUT2D eigenvalue weighted by molar-refractivity contribution is -0.384. The van der Waals surface area contributed by atoms with Crippen LogP contribution in [0.2, 0.25) is 0 Å². The first-order chi connectivity index (χ1) is 8.60. The largest absolute Gasteiger partial charge is 0.373 e. The lowest BCUT2D eigenvalue weighted by Gasteiger charge is -2.04. The molecule has 0 aliphatic carbocycles. The average Bonchev–Trinajstić information content (AvgIpc) is 2.39. The van der Waals surface area contributed by atoms with Gasteiger partial charge in [0.2, 0.25) is 0 Å². The van der Waals surface area contributed by atoms with Crippen LogP contribution in [0.1, 0.15) is 0 Å². The van der Waals surface area contributed by atoms with Crippen LogP contribution >= 0.6 is 0 Å². The summed E-state index contributed by atoms with van der Waals surface area (Å²) in [7, 11) is 1.63. The highest BCUT2D eigenvalue weighted by Gasteiger charge is 2.11. The molecule has 6 heteroatoms. The number of hydrogen-bond acceptors (Lipinski definition) is 4. The first-order valence-electron chi connectivity index (χ1n) is 5.20. The van der Waals surface area contributed by atoms with Crippen molar-refractivity contribution in [2.24, 2.45) is 0 Å². The smallest absolute Gasteiger partial charge is 0.275 e. The maximum atomic E-state index is 12.8. The van der Waals surface area contributed by atoms with Crippen molar-refractivity contribution in [1.82, 2.24) is 4.98 Å². The van der Waals surface area contributed by atoms with Crippen LogP contribution in [0.3, 0.4) is 0 Å². The number of rotatable bonds is 3. The summed E-state index contributed by atoms with van der Waals surface area (Å²) in [6.07, 6.45) is 0. The van der Waals surface area contributed by atoms with Crippen LogP contribution in [-0.2, 0) is 0 Å². The van der Waals surface area contributed by atoms with E-state index in [1.807, 2.05) is 0 Å². The normalized spacial score (nSPS) is 10.1. The van der Waals surface area contributed by atoms with Gasteiger partial charge in [0.15, 0.2) is 0 Å². The van der Waals surface area contributed by atoms with E-state index in [2.05, 4.69) is 10.3 Å². The third-order valence-corrected chi connectivity index (χ3v) is 2.42. The van der Waals surface area contributed by atoms with Gasteiger partial charge in [0.05, 0.1) is 16.7 Å². The molecule has 0 unspecified atom stereocenters. The summed E-state index contributed by atoms with van der Waals surface area (Å²) in [6, 6.07) is 8.33. The SMILES string of the molecule is CNc1cc([N+](=O)[O-])cc(-c2ccc(F)cc2)n1. The Morgan fingerprint density at radius 2 is 1.94 bits per heavy atom. The standard InChI is InChI=1S/C12H10FN3O2/c1-14-12-7-10(16(17)18)6-11(15-12)8-2-4-9(13)5-3-8/h2-7H,1H3,(H,14,15). The molecular formula is C12H10FN3O2. The van der Waals surface area contributed by atoms with E-state index in [4.69, 9.17) is 0 Å². The van der Waals surface area contributed by atoms with Crippen molar-refractivity contribution in [3.8, 4) is 11.3 Å². The monoisotopic (exact) mass is 247 g/mol. The number of nitro groups is 1. The van der Waals surface area contributed by atoms with Gasteiger partial charge in [-0.3, -0.25) is 10.1 Å². The number of halogens is 1. The summed E-state index contributed by atoms with van der Waals surface area (Å²) in [4.78, 5) is 14.5.